The van der Waals surface area contributed by atoms with Gasteiger partial charge in [-0.3, -0.25) is 0 Å². The van der Waals surface area contributed by atoms with E-state index in [1.165, 1.54) is 48.8 Å². The second-order valence-corrected chi connectivity index (χ2v) is 8.12. The molecule has 4 rings (SSSR count). The van der Waals surface area contributed by atoms with E-state index >= 15 is 0 Å². The molecule has 0 heterocycles. The Balaban J connectivity index is 1.74. The van der Waals surface area contributed by atoms with Crippen molar-refractivity contribution in [3.8, 4) is 5.75 Å². The van der Waals surface area contributed by atoms with Gasteiger partial charge < -0.3 is 5.11 Å². The van der Waals surface area contributed by atoms with Crippen LogP contribution in [0.5, 0.6) is 5.75 Å². The van der Waals surface area contributed by atoms with Crippen molar-refractivity contribution in [2.45, 2.75) is 58.3 Å². The SMILES string of the molecule is C=C1CC[C@H]2[C@@H]3CCc4cc(O)c(/C=C/C)cc4[C@H]3CC[C@]12C. The van der Waals surface area contributed by atoms with Gasteiger partial charge in [0.1, 0.15) is 5.75 Å². The summed E-state index contributed by atoms with van der Waals surface area (Å²) in [7, 11) is 0. The topological polar surface area (TPSA) is 20.2 Å². The van der Waals surface area contributed by atoms with Gasteiger partial charge in [0.05, 0.1) is 0 Å². The summed E-state index contributed by atoms with van der Waals surface area (Å²) in [6.07, 6.45) is 11.6. The third-order valence-corrected chi connectivity index (χ3v) is 7.17. The highest BCUT2D eigenvalue weighted by Gasteiger charge is 2.51. The number of allylic oxidation sites excluding steroid dienone is 2. The fraction of sp³-hybridized carbons (Fsp3) is 0.545. The molecule has 2 fully saturated rings. The molecule has 122 valence electrons. The zero-order valence-electron chi connectivity index (χ0n) is 14.4. The zero-order chi connectivity index (χ0) is 16.2. The maximum absolute atomic E-state index is 10.3. The van der Waals surface area contributed by atoms with Crippen molar-refractivity contribution < 1.29 is 5.11 Å². The fourth-order valence-corrected chi connectivity index (χ4v) is 5.85. The summed E-state index contributed by atoms with van der Waals surface area (Å²) >= 11 is 0. The number of phenols is 1. The maximum Gasteiger partial charge on any atom is 0.123 e. The summed E-state index contributed by atoms with van der Waals surface area (Å²) in [6, 6.07) is 4.30. The van der Waals surface area contributed by atoms with E-state index in [-0.39, 0.29) is 0 Å². The Labute approximate surface area is 140 Å². The number of aromatic hydroxyl groups is 1. The van der Waals surface area contributed by atoms with E-state index in [2.05, 4.69) is 19.6 Å². The summed E-state index contributed by atoms with van der Waals surface area (Å²) in [6.45, 7) is 8.88. The summed E-state index contributed by atoms with van der Waals surface area (Å²) < 4.78 is 0. The second kappa shape index (κ2) is 5.26. The fourth-order valence-electron chi connectivity index (χ4n) is 5.85. The molecular weight excluding hydrogens is 280 g/mol. The monoisotopic (exact) mass is 308 g/mol. The highest BCUT2D eigenvalue weighted by atomic mass is 16.3. The van der Waals surface area contributed by atoms with E-state index in [9.17, 15) is 5.11 Å². The van der Waals surface area contributed by atoms with Gasteiger partial charge in [0.15, 0.2) is 0 Å². The zero-order valence-corrected chi connectivity index (χ0v) is 14.4. The van der Waals surface area contributed by atoms with Crippen LogP contribution in [0.1, 0.15) is 68.6 Å². The average Bonchev–Trinajstić information content (AvgIpc) is 2.84. The largest absolute Gasteiger partial charge is 0.507 e. The highest BCUT2D eigenvalue weighted by Crippen LogP contribution is 2.62. The highest BCUT2D eigenvalue weighted by molar-refractivity contribution is 5.60. The molecule has 0 bridgehead atoms. The van der Waals surface area contributed by atoms with Gasteiger partial charge >= 0.3 is 0 Å². The third kappa shape index (κ3) is 2.12. The van der Waals surface area contributed by atoms with Gasteiger partial charge in [-0.2, -0.15) is 0 Å². The van der Waals surface area contributed by atoms with Gasteiger partial charge in [-0.15, -0.1) is 0 Å². The minimum absolute atomic E-state index is 0.391. The molecule has 1 aromatic carbocycles. The van der Waals surface area contributed by atoms with Crippen molar-refractivity contribution in [1.29, 1.82) is 0 Å². The molecule has 0 unspecified atom stereocenters. The van der Waals surface area contributed by atoms with Crippen LogP contribution in [0, 0.1) is 17.3 Å². The molecule has 0 saturated heterocycles. The first-order valence-electron chi connectivity index (χ1n) is 9.21. The average molecular weight is 308 g/mol. The first-order chi connectivity index (χ1) is 11.0. The van der Waals surface area contributed by atoms with Gasteiger partial charge in [-0.1, -0.05) is 31.2 Å². The van der Waals surface area contributed by atoms with Crippen LogP contribution in [0.2, 0.25) is 0 Å². The molecule has 1 N–H and O–H groups in total. The van der Waals surface area contributed by atoms with Gasteiger partial charge in [-0.25, -0.2) is 0 Å². The first kappa shape index (κ1) is 15.1. The molecule has 4 atom stereocenters. The number of rotatable bonds is 1. The Hall–Kier alpha value is -1.50. The van der Waals surface area contributed by atoms with Crippen LogP contribution in [-0.4, -0.2) is 5.11 Å². The first-order valence-corrected chi connectivity index (χ1v) is 9.21. The Bertz CT molecular complexity index is 683. The summed E-state index contributed by atoms with van der Waals surface area (Å²) in [5, 5.41) is 10.3. The second-order valence-electron chi connectivity index (χ2n) is 8.12. The predicted octanol–water partition coefficient (Wildman–Crippen LogP) is 5.84. The van der Waals surface area contributed by atoms with E-state index in [1.807, 2.05) is 25.1 Å². The Kier molecular flexibility index (Phi) is 3.44. The minimum Gasteiger partial charge on any atom is -0.507 e. The smallest absolute Gasteiger partial charge is 0.123 e. The van der Waals surface area contributed by atoms with Crippen molar-refractivity contribution in [3.05, 3.63) is 47.1 Å². The number of hydrogen-bond donors (Lipinski definition) is 1. The predicted molar refractivity (Wildman–Crippen MR) is 96.6 cm³/mol. The van der Waals surface area contributed by atoms with Crippen LogP contribution >= 0.6 is 0 Å². The van der Waals surface area contributed by atoms with E-state index < -0.39 is 0 Å². The molecule has 0 amide bonds. The van der Waals surface area contributed by atoms with Gasteiger partial charge in [0, 0.05) is 5.56 Å². The van der Waals surface area contributed by atoms with Crippen molar-refractivity contribution >= 4 is 6.08 Å². The molecule has 1 nitrogen and oxygen atoms in total. The van der Waals surface area contributed by atoms with E-state index in [1.54, 1.807) is 0 Å². The molecule has 0 aliphatic heterocycles. The van der Waals surface area contributed by atoms with Crippen LogP contribution in [0.15, 0.2) is 30.4 Å². The van der Waals surface area contributed by atoms with E-state index in [0.717, 1.165) is 23.8 Å². The molecule has 3 aliphatic carbocycles. The molecule has 3 aliphatic rings. The molecule has 2 saturated carbocycles. The number of fused-ring (bicyclic) bond motifs is 5. The van der Waals surface area contributed by atoms with Crippen LogP contribution in [-0.2, 0) is 6.42 Å². The number of hydrogen-bond acceptors (Lipinski definition) is 1. The standard InChI is InChI=1S/C22H28O/c1-4-5-16-12-19-15(13-21(16)23)7-8-18-17(19)10-11-22(3)14(2)6-9-20(18)22/h4-5,12-13,17-18,20,23H,2,6-11H2,1,3H3/b5-4+/t17-,18+,20-,22+/m0/s1. The summed E-state index contributed by atoms with van der Waals surface area (Å²) in [5.74, 6) is 2.76. The van der Waals surface area contributed by atoms with E-state index in [4.69, 9.17) is 0 Å². The van der Waals surface area contributed by atoms with Crippen LogP contribution < -0.4 is 0 Å². The molecule has 0 spiro atoms. The van der Waals surface area contributed by atoms with Gasteiger partial charge in [0.25, 0.3) is 0 Å². The van der Waals surface area contributed by atoms with Crippen molar-refractivity contribution in [2.75, 3.05) is 0 Å². The lowest BCUT2D eigenvalue weighted by Crippen LogP contribution is -2.40. The Morgan fingerprint density at radius 1 is 1.22 bits per heavy atom. The molecule has 0 aromatic heterocycles. The number of aryl methyl sites for hydroxylation is 1. The van der Waals surface area contributed by atoms with Crippen molar-refractivity contribution in [1.82, 2.24) is 0 Å². The molecule has 1 heteroatoms. The van der Waals surface area contributed by atoms with Crippen LogP contribution in [0.25, 0.3) is 6.08 Å². The molecular formula is C22H28O. The minimum atomic E-state index is 0.391. The lowest BCUT2D eigenvalue weighted by molar-refractivity contribution is 0.0816. The maximum atomic E-state index is 10.3. The third-order valence-electron chi connectivity index (χ3n) is 7.17. The van der Waals surface area contributed by atoms with Crippen LogP contribution in [0.4, 0.5) is 0 Å². The molecule has 0 radical (unpaired) electrons. The normalized spacial score (nSPS) is 35.9. The van der Waals surface area contributed by atoms with Gasteiger partial charge in [0.2, 0.25) is 0 Å². The van der Waals surface area contributed by atoms with Crippen molar-refractivity contribution in [3.63, 3.8) is 0 Å². The van der Waals surface area contributed by atoms with Crippen LogP contribution in [0.3, 0.4) is 0 Å². The summed E-state index contributed by atoms with van der Waals surface area (Å²) in [4.78, 5) is 0. The van der Waals surface area contributed by atoms with Crippen molar-refractivity contribution in [2.24, 2.45) is 17.3 Å². The Morgan fingerprint density at radius 3 is 2.83 bits per heavy atom. The Morgan fingerprint density at radius 2 is 2.04 bits per heavy atom. The summed E-state index contributed by atoms with van der Waals surface area (Å²) in [5.41, 5.74) is 5.79. The molecule has 1 aromatic rings. The molecule has 23 heavy (non-hydrogen) atoms. The van der Waals surface area contributed by atoms with E-state index in [0.29, 0.717) is 17.1 Å². The lowest BCUT2D eigenvalue weighted by atomic mass is 9.55. The number of benzene rings is 1. The lowest BCUT2D eigenvalue weighted by Gasteiger charge is -2.49. The quantitative estimate of drug-likeness (QED) is 0.646. The van der Waals surface area contributed by atoms with Gasteiger partial charge in [-0.05, 0) is 91.9 Å². The number of phenolic OH excluding ortho intramolecular Hbond substituents is 1.